The number of carbonyl (C=O) groups is 3. The average Bonchev–Trinajstić information content (AvgIpc) is 3.71. The highest BCUT2D eigenvalue weighted by molar-refractivity contribution is 6.32. The molecule has 0 spiro atoms. The summed E-state index contributed by atoms with van der Waals surface area (Å²) in [7, 11) is 0. The number of esters is 1. The highest BCUT2D eigenvalue weighted by Crippen LogP contribution is 2.30. The number of hydrogen-bond donors (Lipinski definition) is 2. The summed E-state index contributed by atoms with van der Waals surface area (Å²) in [4.78, 5) is 46.8. The number of imidazole rings is 1. The highest BCUT2D eigenvalue weighted by Gasteiger charge is 2.26. The van der Waals surface area contributed by atoms with Gasteiger partial charge in [-0.25, -0.2) is 19.4 Å². The van der Waals surface area contributed by atoms with E-state index in [1.54, 1.807) is 11.5 Å². The van der Waals surface area contributed by atoms with E-state index in [-0.39, 0.29) is 49.3 Å². The van der Waals surface area contributed by atoms with Crippen LogP contribution in [-0.4, -0.2) is 90.0 Å². The monoisotopic (exact) mass is 745 g/mol. The van der Waals surface area contributed by atoms with Gasteiger partial charge in [-0.3, -0.25) is 15.3 Å². The summed E-state index contributed by atoms with van der Waals surface area (Å²) in [6.45, 7) is 5.18. The minimum atomic E-state index is -1.22. The van der Waals surface area contributed by atoms with E-state index in [1.165, 1.54) is 6.92 Å². The minimum absolute atomic E-state index is 0.0190. The highest BCUT2D eigenvalue weighted by atomic mass is 35.5. The molecule has 1 unspecified atom stereocenters. The first-order valence-corrected chi connectivity index (χ1v) is 16.8. The Balaban J connectivity index is 1.43. The maximum absolute atomic E-state index is 13.2. The van der Waals surface area contributed by atoms with Crippen LogP contribution in [0.2, 0.25) is 5.15 Å². The molecule has 2 aromatic heterocycles. The smallest absolute Gasteiger partial charge is 0.435 e. The fourth-order valence-corrected chi connectivity index (χ4v) is 5.12. The SMILES string of the molecule is CCCCc1nc(Cl)c(C(=O)OC(C)OC(=O)OCC)n1Cc1ccc(-c2ccccc2-c2nnn(COC(=O)OCCCCON(O)O)n2)cc1. The Bertz CT molecular complexity index is 1760. The molecule has 2 heterocycles. The van der Waals surface area contributed by atoms with Crippen molar-refractivity contribution < 1.29 is 53.3 Å². The van der Waals surface area contributed by atoms with E-state index >= 15 is 0 Å². The number of ether oxygens (including phenoxy) is 5. The maximum Gasteiger partial charge on any atom is 0.511 e. The van der Waals surface area contributed by atoms with Gasteiger partial charge in [-0.2, -0.15) is 0 Å². The molecule has 52 heavy (non-hydrogen) atoms. The maximum atomic E-state index is 13.2. The summed E-state index contributed by atoms with van der Waals surface area (Å²) >= 11 is 6.46. The lowest BCUT2D eigenvalue weighted by molar-refractivity contribution is -0.492. The van der Waals surface area contributed by atoms with Crippen LogP contribution in [0.1, 0.15) is 68.3 Å². The van der Waals surface area contributed by atoms with E-state index in [2.05, 4.69) is 25.2 Å². The molecule has 19 heteroatoms. The van der Waals surface area contributed by atoms with Gasteiger partial charge in [-0.15, -0.1) is 15.0 Å². The van der Waals surface area contributed by atoms with Crippen LogP contribution in [0, 0.1) is 0 Å². The van der Waals surface area contributed by atoms with E-state index in [4.69, 9.17) is 45.7 Å². The topological polar surface area (TPSA) is 212 Å². The molecule has 0 saturated heterocycles. The molecule has 2 N–H and O–H groups in total. The van der Waals surface area contributed by atoms with Crippen LogP contribution in [0.25, 0.3) is 22.5 Å². The lowest BCUT2D eigenvalue weighted by Gasteiger charge is -2.16. The second-order valence-corrected chi connectivity index (χ2v) is 11.4. The third kappa shape index (κ3) is 11.7. The van der Waals surface area contributed by atoms with Crippen LogP contribution < -0.4 is 0 Å². The molecule has 0 aliphatic heterocycles. The van der Waals surface area contributed by atoms with Crippen LogP contribution in [0.3, 0.4) is 0 Å². The van der Waals surface area contributed by atoms with E-state index in [0.717, 1.165) is 34.3 Å². The second-order valence-electron chi connectivity index (χ2n) is 11.0. The van der Waals surface area contributed by atoms with Gasteiger partial charge in [0.25, 0.3) is 0 Å². The number of unbranched alkanes of at least 4 members (excludes halogenated alkanes) is 2. The Morgan fingerprint density at radius 2 is 1.63 bits per heavy atom. The number of nitrogens with zero attached hydrogens (tertiary/aromatic N) is 7. The standard InChI is InChI=1S/C33H40ClN7O11/c1-4-6-13-27-35-29(34)28(31(42)51-22(3)52-33(44)47-5-2)39(27)20-23-14-16-24(17-15-23)25-11-7-8-12-26(25)30-36-38-40(37-30)21-49-32(43)48-18-9-10-19-50-41(45)46/h7-8,11-12,14-17,22,45-46H,4-6,9-10,13,18-21H2,1-3H3. The van der Waals surface area contributed by atoms with Gasteiger partial charge in [0.05, 0.1) is 25.2 Å². The van der Waals surface area contributed by atoms with Crippen LogP contribution in [0.15, 0.2) is 48.5 Å². The van der Waals surface area contributed by atoms with Gasteiger partial charge in [0.2, 0.25) is 18.8 Å². The normalized spacial score (nSPS) is 11.7. The molecular formula is C33H40ClN7O11. The van der Waals surface area contributed by atoms with Crippen LogP contribution >= 0.6 is 11.6 Å². The lowest BCUT2D eigenvalue weighted by Crippen LogP contribution is -2.24. The molecule has 0 saturated carbocycles. The second kappa shape index (κ2) is 20.0. The van der Waals surface area contributed by atoms with Crippen molar-refractivity contribution in [2.75, 3.05) is 19.8 Å². The number of rotatable bonds is 19. The Hall–Kier alpha value is -5.14. The molecule has 0 fully saturated rings. The lowest BCUT2D eigenvalue weighted by atomic mass is 9.98. The molecular weight excluding hydrogens is 706 g/mol. The van der Waals surface area contributed by atoms with Crippen molar-refractivity contribution in [3.63, 3.8) is 0 Å². The van der Waals surface area contributed by atoms with Gasteiger partial charge in [0.15, 0.2) is 10.8 Å². The van der Waals surface area contributed by atoms with Crippen molar-refractivity contribution in [3.05, 3.63) is 70.8 Å². The molecule has 0 radical (unpaired) electrons. The van der Waals surface area contributed by atoms with Gasteiger partial charge in [0.1, 0.15) is 5.82 Å². The van der Waals surface area contributed by atoms with Crippen molar-refractivity contribution in [2.45, 2.75) is 72.4 Å². The number of aryl methyl sites for hydroxylation is 1. The Morgan fingerprint density at radius 1 is 0.904 bits per heavy atom. The quantitative estimate of drug-likeness (QED) is 0.0380. The molecule has 2 aromatic carbocycles. The molecule has 1 atom stereocenters. The number of halogens is 1. The third-order valence-electron chi connectivity index (χ3n) is 7.24. The van der Waals surface area contributed by atoms with E-state index in [9.17, 15) is 14.4 Å². The van der Waals surface area contributed by atoms with Crippen molar-refractivity contribution in [2.24, 2.45) is 0 Å². The predicted molar refractivity (Wildman–Crippen MR) is 180 cm³/mol. The zero-order valence-corrected chi connectivity index (χ0v) is 29.6. The molecule has 18 nitrogen and oxygen atoms in total. The van der Waals surface area contributed by atoms with Crippen LogP contribution in [0.4, 0.5) is 9.59 Å². The van der Waals surface area contributed by atoms with Crippen molar-refractivity contribution in [3.8, 4) is 22.5 Å². The van der Waals surface area contributed by atoms with E-state index in [1.807, 2.05) is 55.5 Å². The van der Waals surface area contributed by atoms with Gasteiger partial charge in [-0.1, -0.05) is 73.5 Å². The number of aromatic nitrogens is 6. The number of tetrazole rings is 1. The zero-order chi connectivity index (χ0) is 37.5. The Labute approximate surface area is 303 Å². The number of hydrogen-bond acceptors (Lipinski definition) is 16. The summed E-state index contributed by atoms with van der Waals surface area (Å²) < 4.78 is 26.8. The van der Waals surface area contributed by atoms with Gasteiger partial charge in [-0.05, 0) is 48.1 Å². The minimum Gasteiger partial charge on any atom is -0.435 e. The first-order chi connectivity index (χ1) is 25.1. The largest absolute Gasteiger partial charge is 0.511 e. The summed E-state index contributed by atoms with van der Waals surface area (Å²) in [5.41, 5.74) is 3.24. The molecule has 4 aromatic rings. The average molecular weight is 746 g/mol. The third-order valence-corrected chi connectivity index (χ3v) is 7.50. The zero-order valence-electron chi connectivity index (χ0n) is 28.8. The van der Waals surface area contributed by atoms with Crippen molar-refractivity contribution >= 4 is 29.9 Å². The Morgan fingerprint density at radius 3 is 2.35 bits per heavy atom. The fourth-order valence-electron chi connectivity index (χ4n) is 4.84. The van der Waals surface area contributed by atoms with Crippen LogP contribution in [0.5, 0.6) is 0 Å². The molecule has 4 rings (SSSR count). The van der Waals surface area contributed by atoms with E-state index < -0.39 is 24.6 Å². The summed E-state index contributed by atoms with van der Waals surface area (Å²) in [5.74, 6) is 0.117. The van der Waals surface area contributed by atoms with Gasteiger partial charge >= 0.3 is 18.3 Å². The Kier molecular flexibility index (Phi) is 15.3. The summed E-state index contributed by atoms with van der Waals surface area (Å²) in [5, 5.41) is 29.0. The molecule has 280 valence electrons. The summed E-state index contributed by atoms with van der Waals surface area (Å²) in [6, 6.07) is 15.1. The van der Waals surface area contributed by atoms with E-state index in [0.29, 0.717) is 36.5 Å². The molecule has 0 aliphatic carbocycles. The number of benzene rings is 2. The molecule has 0 amide bonds. The van der Waals surface area contributed by atoms with Crippen molar-refractivity contribution in [1.29, 1.82) is 0 Å². The molecule has 0 bridgehead atoms. The molecule has 0 aliphatic rings. The first kappa shape index (κ1) is 39.6. The van der Waals surface area contributed by atoms with Gasteiger partial charge in [0, 0.05) is 25.5 Å². The number of carbonyl (C=O) groups excluding carboxylic acids is 3. The van der Waals surface area contributed by atoms with Crippen LogP contribution in [-0.2, 0) is 48.2 Å². The predicted octanol–water partition coefficient (Wildman–Crippen LogP) is 5.83. The first-order valence-electron chi connectivity index (χ1n) is 16.5. The fraction of sp³-hybridized carbons (Fsp3) is 0.424. The summed E-state index contributed by atoms with van der Waals surface area (Å²) in [6.07, 6.45) is 0.0204. The van der Waals surface area contributed by atoms with Crippen molar-refractivity contribution in [1.82, 2.24) is 35.1 Å². The van der Waals surface area contributed by atoms with Gasteiger partial charge < -0.3 is 28.3 Å².